The van der Waals surface area contributed by atoms with Gasteiger partial charge in [-0.25, -0.2) is 10.2 Å². The van der Waals surface area contributed by atoms with Crippen LogP contribution in [0.15, 0.2) is 101 Å². The smallest absolute Gasteiger partial charge is 0.336 e. The molecule has 2 N–H and O–H groups in total. The van der Waals surface area contributed by atoms with Gasteiger partial charge in [0, 0.05) is 17.1 Å². The monoisotopic (exact) mass is 439 g/mol. The molecule has 7 nitrogen and oxygen atoms in total. The second kappa shape index (κ2) is 10.6. The normalized spacial score (nSPS) is 11.2. The lowest BCUT2D eigenvalue weighted by atomic mass is 10.1. The van der Waals surface area contributed by atoms with E-state index in [1.165, 1.54) is 24.6 Å². The summed E-state index contributed by atoms with van der Waals surface area (Å²) < 4.78 is 10.4. The maximum absolute atomic E-state index is 12.2. The molecule has 0 aliphatic heterocycles. The molecule has 0 bridgehead atoms. The van der Waals surface area contributed by atoms with Gasteiger partial charge < -0.3 is 14.5 Å². The number of nitrogens with zero attached hydrogens (tertiary/aromatic N) is 1. The Bertz CT molecular complexity index is 1300. The summed E-state index contributed by atoms with van der Waals surface area (Å²) in [6, 6.07) is 24.1. The number of hydrogen-bond donors (Lipinski definition) is 2. The summed E-state index contributed by atoms with van der Waals surface area (Å²) >= 11 is 0. The third-order valence-electron chi connectivity index (χ3n) is 4.64. The topological polar surface area (TPSA) is 92.9 Å². The Hall–Kier alpha value is -4.65. The number of anilines is 1. The van der Waals surface area contributed by atoms with Gasteiger partial charge in [-0.15, -0.1) is 0 Å². The molecule has 4 rings (SSSR count). The fourth-order valence-corrected chi connectivity index (χ4v) is 3.12. The summed E-state index contributed by atoms with van der Waals surface area (Å²) in [6.07, 6.45) is 5.80. The molecule has 0 aliphatic rings. The van der Waals surface area contributed by atoms with Crippen molar-refractivity contribution in [1.29, 1.82) is 0 Å². The number of carbonyl (C=O) groups excluding carboxylic acids is 2. The summed E-state index contributed by atoms with van der Waals surface area (Å²) in [7, 11) is 0. The van der Waals surface area contributed by atoms with E-state index in [4.69, 9.17) is 9.15 Å². The number of hydrogen-bond acceptors (Lipinski definition) is 6. The third-order valence-corrected chi connectivity index (χ3v) is 4.64. The summed E-state index contributed by atoms with van der Waals surface area (Å²) in [5.74, 6) is 0.0913. The highest BCUT2D eigenvalue weighted by Crippen LogP contribution is 2.22. The van der Waals surface area contributed by atoms with Crippen LogP contribution in [0.2, 0.25) is 0 Å². The minimum absolute atomic E-state index is 0.0744. The highest BCUT2D eigenvalue weighted by molar-refractivity contribution is 5.95. The number of nitrogens with one attached hydrogen (secondary N) is 2. The van der Waals surface area contributed by atoms with Crippen LogP contribution < -0.4 is 15.5 Å². The van der Waals surface area contributed by atoms with Crippen LogP contribution in [0.4, 0.5) is 5.69 Å². The van der Waals surface area contributed by atoms with Crippen molar-refractivity contribution in [2.45, 2.75) is 0 Å². The number of benzene rings is 3. The molecule has 33 heavy (non-hydrogen) atoms. The van der Waals surface area contributed by atoms with Crippen molar-refractivity contribution in [2.75, 3.05) is 11.9 Å². The molecule has 3 aromatic carbocycles. The first-order valence-corrected chi connectivity index (χ1v) is 10.2. The van der Waals surface area contributed by atoms with Crippen LogP contribution in [0.3, 0.4) is 0 Å². The molecule has 0 radical (unpaired) electrons. The Balaban J connectivity index is 1.28. The zero-order valence-electron chi connectivity index (χ0n) is 17.6. The largest absolute Gasteiger partial charge is 0.465 e. The van der Waals surface area contributed by atoms with Gasteiger partial charge in [0.15, 0.2) is 0 Å². The molecule has 4 aromatic rings. The first-order chi connectivity index (χ1) is 16.2. The standard InChI is InChI=1S/C26H21N3O4/c30-25(18-27-24-12-4-8-20-7-1-2-11-23(20)24)29-28-17-19-6-3-9-22(16-19)33-26(31)14-13-21-10-5-15-32-21/h1-17,27H,18H2,(H,29,30)/b14-13+,28-17+. The summed E-state index contributed by atoms with van der Waals surface area (Å²) in [5.41, 5.74) is 4.03. The van der Waals surface area contributed by atoms with Gasteiger partial charge in [0.05, 0.1) is 19.0 Å². The molecule has 0 spiro atoms. The van der Waals surface area contributed by atoms with Gasteiger partial charge in [-0.3, -0.25) is 4.79 Å². The van der Waals surface area contributed by atoms with Crippen LogP contribution in [0.1, 0.15) is 11.3 Å². The van der Waals surface area contributed by atoms with E-state index in [-0.39, 0.29) is 12.5 Å². The minimum atomic E-state index is -0.534. The maximum Gasteiger partial charge on any atom is 0.336 e. The molecule has 1 aromatic heterocycles. The van der Waals surface area contributed by atoms with Crippen LogP contribution in [-0.4, -0.2) is 24.6 Å². The van der Waals surface area contributed by atoms with Crippen LogP contribution in [0.25, 0.3) is 16.8 Å². The third kappa shape index (κ3) is 6.18. The summed E-state index contributed by atoms with van der Waals surface area (Å²) in [5, 5.41) is 9.25. The van der Waals surface area contributed by atoms with Crippen molar-refractivity contribution in [2.24, 2.45) is 5.10 Å². The molecule has 0 atom stereocenters. The molecule has 0 saturated heterocycles. The van der Waals surface area contributed by atoms with E-state index in [9.17, 15) is 9.59 Å². The molecule has 1 heterocycles. The number of furan rings is 1. The first-order valence-electron chi connectivity index (χ1n) is 10.2. The van der Waals surface area contributed by atoms with Crippen LogP contribution in [0.5, 0.6) is 5.75 Å². The maximum atomic E-state index is 12.2. The predicted molar refractivity (Wildman–Crippen MR) is 128 cm³/mol. The van der Waals surface area contributed by atoms with E-state index in [1.807, 2.05) is 42.5 Å². The minimum Gasteiger partial charge on any atom is -0.465 e. The van der Waals surface area contributed by atoms with Crippen LogP contribution in [-0.2, 0) is 9.59 Å². The van der Waals surface area contributed by atoms with Crippen molar-refractivity contribution < 1.29 is 18.7 Å². The van der Waals surface area contributed by atoms with Crippen LogP contribution >= 0.6 is 0 Å². The van der Waals surface area contributed by atoms with Gasteiger partial charge in [-0.2, -0.15) is 5.10 Å². The van der Waals surface area contributed by atoms with E-state index in [0.29, 0.717) is 17.1 Å². The van der Waals surface area contributed by atoms with E-state index < -0.39 is 5.97 Å². The Kier molecular flexibility index (Phi) is 6.92. The van der Waals surface area contributed by atoms with Gasteiger partial charge in [0.2, 0.25) is 0 Å². The van der Waals surface area contributed by atoms with E-state index >= 15 is 0 Å². The summed E-state index contributed by atoms with van der Waals surface area (Å²) in [6.45, 7) is 0.0744. The Labute approximate surface area is 190 Å². The van der Waals surface area contributed by atoms with E-state index in [1.54, 1.807) is 36.4 Å². The molecule has 0 fully saturated rings. The number of esters is 1. The van der Waals surface area contributed by atoms with Gasteiger partial charge in [-0.1, -0.05) is 48.5 Å². The van der Waals surface area contributed by atoms with Gasteiger partial charge in [0.1, 0.15) is 11.5 Å². The summed E-state index contributed by atoms with van der Waals surface area (Å²) in [4.78, 5) is 24.1. The van der Waals surface area contributed by atoms with Gasteiger partial charge in [-0.05, 0) is 47.4 Å². The fraction of sp³-hybridized carbons (Fsp3) is 0.0385. The van der Waals surface area contributed by atoms with Crippen molar-refractivity contribution in [3.63, 3.8) is 0 Å². The molecule has 1 amide bonds. The Morgan fingerprint density at radius 2 is 1.82 bits per heavy atom. The number of amides is 1. The molecule has 0 saturated carbocycles. The molecular weight excluding hydrogens is 418 g/mol. The molecule has 0 aliphatic carbocycles. The lowest BCUT2D eigenvalue weighted by molar-refractivity contribution is -0.129. The van der Waals surface area contributed by atoms with Gasteiger partial charge >= 0.3 is 5.97 Å². The number of hydrazone groups is 1. The number of fused-ring (bicyclic) bond motifs is 1. The zero-order chi connectivity index (χ0) is 22.9. The second-order valence-corrected chi connectivity index (χ2v) is 7.02. The second-order valence-electron chi connectivity index (χ2n) is 7.02. The molecule has 7 heteroatoms. The lowest BCUT2D eigenvalue weighted by Crippen LogP contribution is -2.25. The van der Waals surface area contributed by atoms with Crippen molar-refractivity contribution in [3.8, 4) is 5.75 Å². The average molecular weight is 439 g/mol. The first kappa shape index (κ1) is 21.6. The number of ether oxygens (including phenoxy) is 1. The van der Waals surface area contributed by atoms with Gasteiger partial charge in [0.25, 0.3) is 5.91 Å². The lowest BCUT2D eigenvalue weighted by Gasteiger charge is -2.08. The molecule has 0 unspecified atom stereocenters. The Morgan fingerprint density at radius 1 is 0.970 bits per heavy atom. The average Bonchev–Trinajstić information content (AvgIpc) is 3.35. The number of rotatable bonds is 8. The zero-order valence-corrected chi connectivity index (χ0v) is 17.6. The van der Waals surface area contributed by atoms with E-state index in [0.717, 1.165) is 16.5 Å². The quantitative estimate of drug-likeness (QED) is 0.137. The van der Waals surface area contributed by atoms with Crippen molar-refractivity contribution in [3.05, 3.63) is 103 Å². The predicted octanol–water partition coefficient (Wildman–Crippen LogP) is 4.61. The molecule has 164 valence electrons. The fourth-order valence-electron chi connectivity index (χ4n) is 3.12. The van der Waals surface area contributed by atoms with E-state index in [2.05, 4.69) is 15.8 Å². The van der Waals surface area contributed by atoms with Crippen molar-refractivity contribution >= 4 is 40.6 Å². The highest BCUT2D eigenvalue weighted by Gasteiger charge is 2.04. The SMILES string of the molecule is O=C(CNc1cccc2ccccc12)N/N=C/c1cccc(OC(=O)/C=C/c2ccco2)c1. The Morgan fingerprint density at radius 3 is 2.70 bits per heavy atom. The van der Waals surface area contributed by atoms with Crippen molar-refractivity contribution in [1.82, 2.24) is 5.43 Å². The highest BCUT2D eigenvalue weighted by atomic mass is 16.5. The molecular formula is C26H21N3O4. The number of carbonyl (C=O) groups is 2. The van der Waals surface area contributed by atoms with Crippen LogP contribution in [0, 0.1) is 0 Å².